The lowest BCUT2D eigenvalue weighted by Crippen LogP contribution is -2.42. The molecule has 1 saturated carbocycles. The topological polar surface area (TPSA) is 35.5 Å². The third-order valence-electron chi connectivity index (χ3n) is 5.33. The second kappa shape index (κ2) is 7.24. The molecule has 1 aliphatic carbocycles. The van der Waals surface area contributed by atoms with E-state index < -0.39 is 0 Å². The number of fused-ring (bicyclic) bond motifs is 1. The van der Waals surface area contributed by atoms with Crippen molar-refractivity contribution in [1.29, 1.82) is 0 Å². The van der Waals surface area contributed by atoms with Crippen LogP contribution in [-0.2, 0) is 0 Å². The molecule has 2 fully saturated rings. The van der Waals surface area contributed by atoms with Gasteiger partial charge in [-0.2, -0.15) is 0 Å². The van der Waals surface area contributed by atoms with Crippen molar-refractivity contribution in [3.63, 3.8) is 0 Å². The normalized spacial score (nSPS) is 33.3. The Balaban J connectivity index is 1.85. The van der Waals surface area contributed by atoms with Gasteiger partial charge in [0.15, 0.2) is 0 Å². The van der Waals surface area contributed by atoms with Crippen LogP contribution in [0.5, 0.6) is 0 Å². The highest BCUT2D eigenvalue weighted by atomic mass is 16.3. The van der Waals surface area contributed by atoms with E-state index in [1.807, 2.05) is 0 Å². The first-order chi connectivity index (χ1) is 9.58. The fraction of sp³-hybridized carbons (Fsp3) is 1.00. The van der Waals surface area contributed by atoms with Crippen molar-refractivity contribution in [3.05, 3.63) is 0 Å². The van der Waals surface area contributed by atoms with Crippen LogP contribution in [0.4, 0.5) is 0 Å². The molecule has 0 spiro atoms. The largest absolute Gasteiger partial charge is 0.393 e. The first-order valence-corrected chi connectivity index (χ1v) is 8.69. The SMILES string of the molecule is CCCNCC(C)(CCC)CN1CC2CCC(O)C2C1. The third kappa shape index (κ3) is 3.96. The van der Waals surface area contributed by atoms with Crippen LogP contribution in [0.3, 0.4) is 0 Å². The van der Waals surface area contributed by atoms with Crippen LogP contribution in [0, 0.1) is 17.3 Å². The highest BCUT2D eigenvalue weighted by Gasteiger charge is 2.43. The van der Waals surface area contributed by atoms with Crippen molar-refractivity contribution in [3.8, 4) is 0 Å². The van der Waals surface area contributed by atoms with Gasteiger partial charge in [-0.3, -0.25) is 0 Å². The highest BCUT2D eigenvalue weighted by molar-refractivity contribution is 4.95. The molecule has 0 aromatic rings. The molecule has 1 heterocycles. The molecule has 118 valence electrons. The van der Waals surface area contributed by atoms with Gasteiger partial charge in [0, 0.05) is 32.1 Å². The molecule has 3 nitrogen and oxygen atoms in total. The molecule has 0 radical (unpaired) electrons. The number of aliphatic hydroxyl groups excluding tert-OH is 1. The second-order valence-corrected chi connectivity index (χ2v) is 7.50. The Labute approximate surface area is 125 Å². The highest BCUT2D eigenvalue weighted by Crippen LogP contribution is 2.39. The number of rotatable bonds is 8. The summed E-state index contributed by atoms with van der Waals surface area (Å²) in [5.41, 5.74) is 0.382. The van der Waals surface area contributed by atoms with Crippen LogP contribution >= 0.6 is 0 Å². The van der Waals surface area contributed by atoms with E-state index in [0.29, 0.717) is 11.3 Å². The van der Waals surface area contributed by atoms with Crippen LogP contribution in [0.1, 0.15) is 52.9 Å². The number of likely N-dealkylation sites (tertiary alicyclic amines) is 1. The van der Waals surface area contributed by atoms with Gasteiger partial charge < -0.3 is 15.3 Å². The third-order valence-corrected chi connectivity index (χ3v) is 5.33. The van der Waals surface area contributed by atoms with Crippen LogP contribution in [0.2, 0.25) is 0 Å². The van der Waals surface area contributed by atoms with Crippen molar-refractivity contribution in [2.24, 2.45) is 17.3 Å². The van der Waals surface area contributed by atoms with Gasteiger partial charge in [-0.05, 0) is 43.6 Å². The summed E-state index contributed by atoms with van der Waals surface area (Å²) in [4.78, 5) is 2.63. The van der Waals surface area contributed by atoms with Gasteiger partial charge in [0.25, 0.3) is 0 Å². The summed E-state index contributed by atoms with van der Waals surface area (Å²) in [5.74, 6) is 1.32. The van der Waals surface area contributed by atoms with Crippen molar-refractivity contribution in [2.45, 2.75) is 59.0 Å². The Morgan fingerprint density at radius 3 is 2.65 bits per heavy atom. The van der Waals surface area contributed by atoms with Crippen LogP contribution < -0.4 is 5.32 Å². The summed E-state index contributed by atoms with van der Waals surface area (Å²) < 4.78 is 0. The summed E-state index contributed by atoms with van der Waals surface area (Å²) in [6, 6.07) is 0. The molecule has 4 atom stereocenters. The quantitative estimate of drug-likeness (QED) is 0.672. The molecule has 0 bridgehead atoms. The van der Waals surface area contributed by atoms with Gasteiger partial charge in [0.05, 0.1) is 6.10 Å². The monoisotopic (exact) mass is 282 g/mol. The van der Waals surface area contributed by atoms with Crippen molar-refractivity contribution >= 4 is 0 Å². The minimum absolute atomic E-state index is 0.0272. The van der Waals surface area contributed by atoms with Gasteiger partial charge >= 0.3 is 0 Å². The van der Waals surface area contributed by atoms with Crippen LogP contribution in [0.25, 0.3) is 0 Å². The van der Waals surface area contributed by atoms with E-state index in [1.165, 1.54) is 38.8 Å². The van der Waals surface area contributed by atoms with Crippen molar-refractivity contribution < 1.29 is 5.11 Å². The zero-order valence-corrected chi connectivity index (χ0v) is 13.7. The Morgan fingerprint density at radius 2 is 2.00 bits per heavy atom. The molecule has 1 aliphatic heterocycles. The average Bonchev–Trinajstić information content (AvgIpc) is 2.92. The predicted molar refractivity (Wildman–Crippen MR) is 84.8 cm³/mol. The fourth-order valence-electron chi connectivity index (χ4n) is 4.39. The molecule has 1 saturated heterocycles. The first-order valence-electron chi connectivity index (χ1n) is 8.69. The van der Waals surface area contributed by atoms with Gasteiger partial charge in [-0.15, -0.1) is 0 Å². The summed E-state index contributed by atoms with van der Waals surface area (Å²) in [5, 5.41) is 13.7. The minimum Gasteiger partial charge on any atom is -0.393 e. The molecule has 2 aliphatic rings. The second-order valence-electron chi connectivity index (χ2n) is 7.50. The Hall–Kier alpha value is -0.120. The lowest BCUT2D eigenvalue weighted by Gasteiger charge is -2.34. The van der Waals surface area contributed by atoms with Gasteiger partial charge in [0.2, 0.25) is 0 Å². The van der Waals surface area contributed by atoms with Crippen molar-refractivity contribution in [2.75, 3.05) is 32.7 Å². The smallest absolute Gasteiger partial charge is 0.0583 e. The van der Waals surface area contributed by atoms with Crippen LogP contribution in [-0.4, -0.2) is 48.8 Å². The molecule has 0 aromatic carbocycles. The zero-order valence-electron chi connectivity index (χ0n) is 13.7. The summed E-state index contributed by atoms with van der Waals surface area (Å²) in [6.07, 6.45) is 6.00. The Morgan fingerprint density at radius 1 is 1.20 bits per heavy atom. The summed E-state index contributed by atoms with van der Waals surface area (Å²) in [6.45, 7) is 12.7. The summed E-state index contributed by atoms with van der Waals surface area (Å²) in [7, 11) is 0. The van der Waals surface area contributed by atoms with E-state index in [4.69, 9.17) is 0 Å². The lowest BCUT2D eigenvalue weighted by atomic mass is 9.84. The first kappa shape index (κ1) is 16.3. The number of hydrogen-bond acceptors (Lipinski definition) is 3. The molecule has 0 amide bonds. The van der Waals surface area contributed by atoms with Gasteiger partial charge in [-0.25, -0.2) is 0 Å². The fourth-order valence-corrected chi connectivity index (χ4v) is 4.39. The minimum atomic E-state index is -0.0272. The molecule has 20 heavy (non-hydrogen) atoms. The maximum atomic E-state index is 10.1. The zero-order chi connectivity index (χ0) is 14.6. The molecular weight excluding hydrogens is 248 g/mol. The molecule has 3 heteroatoms. The standard InChI is InChI=1S/C17H34N2O/c1-4-8-17(3,12-18-9-5-2)13-19-10-14-6-7-16(20)15(14)11-19/h14-16,18,20H,4-13H2,1-3H3. The molecule has 4 unspecified atom stereocenters. The Kier molecular flexibility index (Phi) is 5.88. The van der Waals surface area contributed by atoms with E-state index in [2.05, 4.69) is 31.0 Å². The Bertz CT molecular complexity index is 297. The number of nitrogens with one attached hydrogen (secondary N) is 1. The van der Waals surface area contributed by atoms with E-state index in [-0.39, 0.29) is 6.10 Å². The van der Waals surface area contributed by atoms with Gasteiger partial charge in [-0.1, -0.05) is 27.2 Å². The predicted octanol–water partition coefficient (Wildman–Crippen LogP) is 2.50. The van der Waals surface area contributed by atoms with E-state index in [0.717, 1.165) is 32.0 Å². The number of hydrogen-bond donors (Lipinski definition) is 2. The van der Waals surface area contributed by atoms with E-state index in [1.54, 1.807) is 0 Å². The molecule has 2 rings (SSSR count). The summed E-state index contributed by atoms with van der Waals surface area (Å²) >= 11 is 0. The lowest BCUT2D eigenvalue weighted by molar-refractivity contribution is 0.113. The number of nitrogens with zero attached hydrogens (tertiary/aromatic N) is 1. The van der Waals surface area contributed by atoms with Crippen molar-refractivity contribution in [1.82, 2.24) is 10.2 Å². The van der Waals surface area contributed by atoms with E-state index in [9.17, 15) is 5.11 Å². The molecular formula is C17H34N2O. The average molecular weight is 282 g/mol. The van der Waals surface area contributed by atoms with Gasteiger partial charge in [0.1, 0.15) is 0 Å². The number of aliphatic hydroxyl groups is 1. The molecule has 0 aromatic heterocycles. The maximum Gasteiger partial charge on any atom is 0.0583 e. The van der Waals surface area contributed by atoms with Crippen LogP contribution in [0.15, 0.2) is 0 Å². The molecule has 2 N–H and O–H groups in total. The maximum absolute atomic E-state index is 10.1. The van der Waals surface area contributed by atoms with E-state index >= 15 is 0 Å².